The molecule has 1 fully saturated rings. The van der Waals surface area contributed by atoms with Crippen LogP contribution in [0.5, 0.6) is 0 Å². The molecular weight excluding hydrogens is 276 g/mol. The molecule has 0 saturated heterocycles. The molecule has 0 aromatic carbocycles. The minimum Gasteiger partial charge on any atom is -0.480 e. The first-order valence-electron chi connectivity index (χ1n) is 6.87. The van der Waals surface area contributed by atoms with Gasteiger partial charge in [-0.15, -0.1) is 0 Å². The third-order valence-electron chi connectivity index (χ3n) is 3.22. The number of rotatable bonds is 8. The molecule has 7 heteroatoms. The Hall–Kier alpha value is -2.31. The van der Waals surface area contributed by atoms with E-state index in [1.807, 2.05) is 0 Å². The van der Waals surface area contributed by atoms with Crippen LogP contribution >= 0.6 is 0 Å². The van der Waals surface area contributed by atoms with Gasteiger partial charge in [0.15, 0.2) is 5.76 Å². The average Bonchev–Trinajstić information content (AvgIpc) is 3.07. The first-order valence-corrected chi connectivity index (χ1v) is 6.87. The summed E-state index contributed by atoms with van der Waals surface area (Å²) >= 11 is 0. The summed E-state index contributed by atoms with van der Waals surface area (Å²) in [6, 6.07) is 3.13. The summed E-state index contributed by atoms with van der Waals surface area (Å²) in [7, 11) is 0. The highest BCUT2D eigenvalue weighted by molar-refractivity contribution is 5.91. The fourth-order valence-corrected chi connectivity index (χ4v) is 1.97. The number of amides is 2. The maximum absolute atomic E-state index is 12.0. The van der Waals surface area contributed by atoms with Crippen LogP contribution in [0.2, 0.25) is 0 Å². The normalized spacial score (nSPS) is 13.7. The fourth-order valence-electron chi connectivity index (χ4n) is 1.97. The Morgan fingerprint density at radius 3 is 2.71 bits per heavy atom. The second-order valence-electron chi connectivity index (χ2n) is 5.09. The van der Waals surface area contributed by atoms with Crippen molar-refractivity contribution in [1.82, 2.24) is 10.2 Å². The largest absolute Gasteiger partial charge is 0.480 e. The van der Waals surface area contributed by atoms with Gasteiger partial charge >= 0.3 is 5.97 Å². The van der Waals surface area contributed by atoms with Crippen molar-refractivity contribution in [2.75, 3.05) is 19.6 Å². The molecule has 0 aliphatic heterocycles. The van der Waals surface area contributed by atoms with E-state index < -0.39 is 5.97 Å². The van der Waals surface area contributed by atoms with Crippen molar-refractivity contribution in [2.24, 2.45) is 5.92 Å². The number of aliphatic carboxylic acids is 1. The smallest absolute Gasteiger partial charge is 0.323 e. The minimum atomic E-state index is -1.02. The molecule has 7 nitrogen and oxygen atoms in total. The van der Waals surface area contributed by atoms with Crippen LogP contribution in [0.25, 0.3) is 0 Å². The van der Waals surface area contributed by atoms with Crippen LogP contribution in [0.1, 0.15) is 29.8 Å². The molecule has 1 aromatic heterocycles. The van der Waals surface area contributed by atoms with Gasteiger partial charge in [0, 0.05) is 19.5 Å². The summed E-state index contributed by atoms with van der Waals surface area (Å²) in [5.41, 5.74) is 0. The third kappa shape index (κ3) is 4.94. The van der Waals surface area contributed by atoms with Crippen LogP contribution < -0.4 is 5.32 Å². The lowest BCUT2D eigenvalue weighted by Crippen LogP contribution is -2.39. The molecule has 2 rings (SSSR count). The van der Waals surface area contributed by atoms with Crippen molar-refractivity contribution < 1.29 is 23.9 Å². The highest BCUT2D eigenvalue weighted by Gasteiger charge is 2.27. The van der Waals surface area contributed by atoms with E-state index in [1.165, 1.54) is 17.2 Å². The van der Waals surface area contributed by atoms with E-state index in [4.69, 9.17) is 9.52 Å². The van der Waals surface area contributed by atoms with Gasteiger partial charge in [0.1, 0.15) is 6.54 Å². The van der Waals surface area contributed by atoms with E-state index in [0.29, 0.717) is 12.5 Å². The summed E-state index contributed by atoms with van der Waals surface area (Å²) in [4.78, 5) is 35.7. The van der Waals surface area contributed by atoms with Crippen LogP contribution in [-0.4, -0.2) is 47.4 Å². The molecule has 1 heterocycles. The molecule has 2 N–H and O–H groups in total. The number of nitrogens with one attached hydrogen (secondary N) is 1. The quantitative estimate of drug-likeness (QED) is 0.736. The molecule has 114 valence electrons. The van der Waals surface area contributed by atoms with Gasteiger partial charge in [0.05, 0.1) is 6.26 Å². The van der Waals surface area contributed by atoms with E-state index in [1.54, 1.807) is 6.07 Å². The molecule has 1 aliphatic carbocycles. The average molecular weight is 294 g/mol. The van der Waals surface area contributed by atoms with Gasteiger partial charge in [-0.05, 0) is 30.9 Å². The van der Waals surface area contributed by atoms with E-state index in [-0.39, 0.29) is 37.1 Å². The van der Waals surface area contributed by atoms with Crippen molar-refractivity contribution in [3.63, 3.8) is 0 Å². The lowest BCUT2D eigenvalue weighted by molar-refractivity contribution is -0.144. The molecule has 0 spiro atoms. The molecule has 21 heavy (non-hydrogen) atoms. The zero-order chi connectivity index (χ0) is 15.2. The number of furan rings is 1. The van der Waals surface area contributed by atoms with E-state index in [0.717, 1.165) is 12.8 Å². The van der Waals surface area contributed by atoms with Crippen molar-refractivity contribution in [3.05, 3.63) is 24.2 Å². The van der Waals surface area contributed by atoms with Gasteiger partial charge in [-0.25, -0.2) is 0 Å². The van der Waals surface area contributed by atoms with Gasteiger partial charge < -0.3 is 19.7 Å². The fraction of sp³-hybridized carbons (Fsp3) is 0.500. The van der Waals surface area contributed by atoms with Crippen molar-refractivity contribution >= 4 is 17.8 Å². The number of hydrogen-bond acceptors (Lipinski definition) is 4. The molecule has 0 radical (unpaired) electrons. The van der Waals surface area contributed by atoms with Crippen molar-refractivity contribution in [1.29, 1.82) is 0 Å². The molecule has 1 saturated carbocycles. The molecule has 1 aromatic rings. The van der Waals surface area contributed by atoms with Gasteiger partial charge in [-0.1, -0.05) is 0 Å². The van der Waals surface area contributed by atoms with Crippen LogP contribution in [0.4, 0.5) is 0 Å². The zero-order valence-corrected chi connectivity index (χ0v) is 11.6. The number of carboxylic acids is 1. The highest BCUT2D eigenvalue weighted by atomic mass is 16.4. The molecule has 0 unspecified atom stereocenters. The molecule has 1 aliphatic rings. The van der Waals surface area contributed by atoms with Crippen LogP contribution in [0.15, 0.2) is 22.8 Å². The van der Waals surface area contributed by atoms with E-state index >= 15 is 0 Å². The number of hydrogen-bond donors (Lipinski definition) is 2. The molecule has 2 amide bonds. The van der Waals surface area contributed by atoms with Crippen molar-refractivity contribution in [3.8, 4) is 0 Å². The van der Waals surface area contributed by atoms with Crippen LogP contribution in [0.3, 0.4) is 0 Å². The van der Waals surface area contributed by atoms with Crippen molar-refractivity contribution in [2.45, 2.75) is 19.3 Å². The standard InChI is InChI=1S/C14H18N2O5/c17-12(16(9-13(18)19)8-10-3-4-10)5-6-15-14(20)11-2-1-7-21-11/h1-2,7,10H,3-6,8-9H2,(H,15,20)(H,18,19). The second kappa shape index (κ2) is 6.92. The van der Waals surface area contributed by atoms with Gasteiger partial charge in [0.2, 0.25) is 5.91 Å². The predicted molar refractivity (Wildman–Crippen MR) is 72.6 cm³/mol. The first kappa shape index (κ1) is 15.1. The van der Waals surface area contributed by atoms with Crippen LogP contribution in [0, 0.1) is 5.92 Å². The molecular formula is C14H18N2O5. The summed E-state index contributed by atoms with van der Waals surface area (Å²) < 4.78 is 4.93. The summed E-state index contributed by atoms with van der Waals surface area (Å²) in [6.07, 6.45) is 3.55. The summed E-state index contributed by atoms with van der Waals surface area (Å²) in [5, 5.41) is 11.4. The Morgan fingerprint density at radius 2 is 2.14 bits per heavy atom. The van der Waals surface area contributed by atoms with Crippen LogP contribution in [-0.2, 0) is 9.59 Å². The predicted octanol–water partition coefficient (Wildman–Crippen LogP) is 0.723. The monoisotopic (exact) mass is 294 g/mol. The Labute approximate surface area is 121 Å². The Kier molecular flexibility index (Phi) is 4.97. The van der Waals surface area contributed by atoms with E-state index in [9.17, 15) is 14.4 Å². The second-order valence-corrected chi connectivity index (χ2v) is 5.09. The zero-order valence-electron chi connectivity index (χ0n) is 11.6. The topological polar surface area (TPSA) is 99.9 Å². The number of nitrogens with zero attached hydrogens (tertiary/aromatic N) is 1. The van der Waals surface area contributed by atoms with Gasteiger partial charge in [-0.3, -0.25) is 14.4 Å². The van der Waals surface area contributed by atoms with Gasteiger partial charge in [-0.2, -0.15) is 0 Å². The third-order valence-corrected chi connectivity index (χ3v) is 3.22. The number of carbonyl (C=O) groups excluding carboxylic acids is 2. The maximum atomic E-state index is 12.0. The SMILES string of the molecule is O=C(O)CN(CC1CC1)C(=O)CCNC(=O)c1ccco1. The minimum absolute atomic E-state index is 0.0758. The Balaban J connectivity index is 1.75. The lowest BCUT2D eigenvalue weighted by atomic mass is 10.3. The van der Waals surface area contributed by atoms with E-state index in [2.05, 4.69) is 5.32 Å². The number of carboxylic acid groups (broad SMARTS) is 1. The summed E-state index contributed by atoms with van der Waals surface area (Å²) in [6.45, 7) is 0.345. The summed E-state index contributed by atoms with van der Waals surface area (Å²) in [5.74, 6) is -1.07. The Bertz CT molecular complexity index is 507. The number of carbonyl (C=O) groups is 3. The maximum Gasteiger partial charge on any atom is 0.323 e. The van der Waals surface area contributed by atoms with Gasteiger partial charge in [0.25, 0.3) is 5.91 Å². The first-order chi connectivity index (χ1) is 10.1. The molecule has 0 bridgehead atoms. The highest BCUT2D eigenvalue weighted by Crippen LogP contribution is 2.29. The lowest BCUT2D eigenvalue weighted by Gasteiger charge is -2.20. The molecule has 0 atom stereocenters. The Morgan fingerprint density at radius 1 is 1.38 bits per heavy atom.